The van der Waals surface area contributed by atoms with Gasteiger partial charge in [0.05, 0.1) is 18.0 Å². The SMILES string of the molecule is COc1c2ccccc2nc2sc(C(=O)O)c(OCC#N)c12. The highest BCUT2D eigenvalue weighted by molar-refractivity contribution is 7.21. The summed E-state index contributed by atoms with van der Waals surface area (Å²) in [5.74, 6) is -0.497. The van der Waals surface area contributed by atoms with Crippen molar-refractivity contribution in [3.8, 4) is 17.6 Å². The molecule has 7 heteroatoms. The minimum atomic E-state index is -1.12. The molecule has 3 rings (SSSR count). The van der Waals surface area contributed by atoms with Gasteiger partial charge in [-0.05, 0) is 12.1 Å². The van der Waals surface area contributed by atoms with Crippen LogP contribution < -0.4 is 9.47 Å². The average molecular weight is 314 g/mol. The lowest BCUT2D eigenvalue weighted by Gasteiger charge is -2.08. The predicted octanol–water partition coefficient (Wildman–Crippen LogP) is 3.06. The lowest BCUT2D eigenvalue weighted by molar-refractivity contribution is 0.0698. The molecule has 0 bridgehead atoms. The number of ether oxygens (including phenoxy) is 2. The summed E-state index contributed by atoms with van der Waals surface area (Å²) in [4.78, 5) is 16.4. The molecule has 1 aromatic carbocycles. The maximum Gasteiger partial charge on any atom is 0.349 e. The second-order valence-electron chi connectivity index (χ2n) is 4.35. The first-order chi connectivity index (χ1) is 10.7. The van der Waals surface area contributed by atoms with Gasteiger partial charge in [0.25, 0.3) is 0 Å². The van der Waals surface area contributed by atoms with Crippen LogP contribution in [0.5, 0.6) is 11.5 Å². The number of methoxy groups -OCH3 is 1. The number of aromatic carboxylic acids is 1. The summed E-state index contributed by atoms with van der Waals surface area (Å²) < 4.78 is 10.8. The van der Waals surface area contributed by atoms with Gasteiger partial charge in [-0.2, -0.15) is 5.26 Å². The Labute approximate surface area is 129 Å². The molecule has 110 valence electrons. The summed E-state index contributed by atoms with van der Waals surface area (Å²) in [7, 11) is 1.51. The van der Waals surface area contributed by atoms with E-state index in [2.05, 4.69) is 4.98 Å². The molecular formula is C15H10N2O4S. The lowest BCUT2D eigenvalue weighted by Crippen LogP contribution is -2.00. The number of nitriles is 1. The van der Waals surface area contributed by atoms with Gasteiger partial charge in [0.1, 0.15) is 16.6 Å². The quantitative estimate of drug-likeness (QED) is 0.795. The molecule has 0 atom stereocenters. The summed E-state index contributed by atoms with van der Waals surface area (Å²) in [5.41, 5.74) is 0.705. The molecule has 0 fully saturated rings. The Bertz CT molecular complexity index is 927. The number of rotatable bonds is 4. The Morgan fingerprint density at radius 1 is 1.41 bits per heavy atom. The van der Waals surface area contributed by atoms with E-state index in [1.54, 1.807) is 0 Å². The molecule has 2 aromatic heterocycles. The Morgan fingerprint density at radius 2 is 2.18 bits per heavy atom. The van der Waals surface area contributed by atoms with Gasteiger partial charge in [-0.15, -0.1) is 11.3 Å². The van der Waals surface area contributed by atoms with Crippen LogP contribution in [0.15, 0.2) is 24.3 Å². The van der Waals surface area contributed by atoms with Gasteiger partial charge < -0.3 is 14.6 Å². The van der Waals surface area contributed by atoms with Crippen molar-refractivity contribution in [1.82, 2.24) is 4.98 Å². The molecule has 0 aliphatic rings. The van der Waals surface area contributed by atoms with Gasteiger partial charge in [-0.25, -0.2) is 9.78 Å². The fraction of sp³-hybridized carbons (Fsp3) is 0.133. The fourth-order valence-electron chi connectivity index (χ4n) is 2.29. The van der Waals surface area contributed by atoms with E-state index in [-0.39, 0.29) is 17.2 Å². The molecule has 1 N–H and O–H groups in total. The summed E-state index contributed by atoms with van der Waals surface area (Å²) in [5, 5.41) is 19.3. The van der Waals surface area contributed by atoms with Crippen molar-refractivity contribution in [2.75, 3.05) is 13.7 Å². The molecule has 0 unspecified atom stereocenters. The number of thiophene rings is 1. The van der Waals surface area contributed by atoms with E-state index < -0.39 is 5.97 Å². The van der Waals surface area contributed by atoms with E-state index in [1.165, 1.54) is 7.11 Å². The average Bonchev–Trinajstić information content (AvgIpc) is 2.89. The van der Waals surface area contributed by atoms with Gasteiger partial charge in [0, 0.05) is 5.39 Å². The largest absolute Gasteiger partial charge is 0.495 e. The summed E-state index contributed by atoms with van der Waals surface area (Å²) in [6.45, 7) is -0.248. The van der Waals surface area contributed by atoms with Crippen LogP contribution in [0.3, 0.4) is 0 Å². The van der Waals surface area contributed by atoms with Gasteiger partial charge >= 0.3 is 5.97 Å². The number of aromatic nitrogens is 1. The highest BCUT2D eigenvalue weighted by atomic mass is 32.1. The van der Waals surface area contributed by atoms with Crippen molar-refractivity contribution in [2.24, 2.45) is 0 Å². The van der Waals surface area contributed by atoms with Crippen molar-refractivity contribution in [2.45, 2.75) is 0 Å². The van der Waals surface area contributed by atoms with E-state index in [1.807, 2.05) is 30.3 Å². The number of carboxylic acids is 1. The van der Waals surface area contributed by atoms with E-state index in [9.17, 15) is 9.90 Å². The standard InChI is InChI=1S/C15H10N2O4S/c1-20-11-8-4-2-3-5-9(8)17-14-10(11)12(21-7-6-16)13(22-14)15(18)19/h2-5H,7H2,1H3,(H,18,19). The number of pyridine rings is 1. The zero-order valence-corrected chi connectivity index (χ0v) is 12.3. The number of hydrogen-bond donors (Lipinski definition) is 1. The summed E-state index contributed by atoms with van der Waals surface area (Å²) in [6.07, 6.45) is 0. The lowest BCUT2D eigenvalue weighted by atomic mass is 10.1. The van der Waals surface area contributed by atoms with Crippen LogP contribution in [0.2, 0.25) is 0 Å². The third-order valence-corrected chi connectivity index (χ3v) is 4.18. The molecular weight excluding hydrogens is 304 g/mol. The molecule has 3 aromatic rings. The molecule has 22 heavy (non-hydrogen) atoms. The second kappa shape index (κ2) is 5.50. The first-order valence-electron chi connectivity index (χ1n) is 6.29. The summed E-state index contributed by atoms with van der Waals surface area (Å²) >= 11 is 1.00. The van der Waals surface area contributed by atoms with Crippen LogP contribution in [0.1, 0.15) is 9.67 Å². The number of carbonyl (C=O) groups is 1. The van der Waals surface area contributed by atoms with Gasteiger partial charge in [-0.1, -0.05) is 12.1 Å². The topological polar surface area (TPSA) is 92.4 Å². The molecule has 0 radical (unpaired) electrons. The third kappa shape index (κ3) is 2.10. The van der Waals surface area contributed by atoms with Crippen molar-refractivity contribution in [3.63, 3.8) is 0 Å². The Balaban J connectivity index is 2.43. The van der Waals surface area contributed by atoms with Crippen LogP contribution >= 0.6 is 11.3 Å². The molecule has 6 nitrogen and oxygen atoms in total. The van der Waals surface area contributed by atoms with Crippen LogP contribution in [-0.2, 0) is 0 Å². The highest BCUT2D eigenvalue weighted by Gasteiger charge is 2.24. The highest BCUT2D eigenvalue weighted by Crippen LogP contribution is 2.45. The van der Waals surface area contributed by atoms with E-state index >= 15 is 0 Å². The minimum Gasteiger partial charge on any atom is -0.495 e. The van der Waals surface area contributed by atoms with Crippen LogP contribution in [0.4, 0.5) is 0 Å². The Morgan fingerprint density at radius 3 is 2.86 bits per heavy atom. The molecule has 0 aliphatic carbocycles. The van der Waals surface area contributed by atoms with E-state index in [0.717, 1.165) is 16.7 Å². The van der Waals surface area contributed by atoms with Gasteiger partial charge in [0.2, 0.25) is 0 Å². The van der Waals surface area contributed by atoms with Gasteiger partial charge in [-0.3, -0.25) is 0 Å². The third-order valence-electron chi connectivity index (χ3n) is 3.12. The van der Waals surface area contributed by atoms with Gasteiger partial charge in [0.15, 0.2) is 17.2 Å². The molecule has 0 saturated carbocycles. The minimum absolute atomic E-state index is 0.00589. The number of carboxylic acid groups (broad SMARTS) is 1. The number of nitrogens with zero attached hydrogens (tertiary/aromatic N) is 2. The number of hydrogen-bond acceptors (Lipinski definition) is 6. The fourth-order valence-corrected chi connectivity index (χ4v) is 3.25. The van der Waals surface area contributed by atoms with E-state index in [0.29, 0.717) is 21.5 Å². The molecule has 2 heterocycles. The van der Waals surface area contributed by atoms with Crippen LogP contribution in [0.25, 0.3) is 21.1 Å². The Hall–Kier alpha value is -2.85. The molecule has 0 saturated heterocycles. The van der Waals surface area contributed by atoms with Crippen LogP contribution in [0, 0.1) is 11.3 Å². The summed E-state index contributed by atoms with van der Waals surface area (Å²) in [6, 6.07) is 9.20. The maximum absolute atomic E-state index is 11.4. The molecule has 0 spiro atoms. The zero-order valence-electron chi connectivity index (χ0n) is 11.5. The first kappa shape index (κ1) is 14.1. The zero-order chi connectivity index (χ0) is 15.7. The Kier molecular flexibility index (Phi) is 3.53. The number of benzene rings is 1. The normalized spacial score (nSPS) is 10.5. The van der Waals surface area contributed by atoms with Crippen LogP contribution in [-0.4, -0.2) is 29.8 Å². The van der Waals surface area contributed by atoms with Crippen molar-refractivity contribution < 1.29 is 19.4 Å². The molecule has 0 amide bonds. The van der Waals surface area contributed by atoms with Crippen molar-refractivity contribution in [3.05, 3.63) is 29.1 Å². The number of fused-ring (bicyclic) bond motifs is 2. The predicted molar refractivity (Wildman–Crippen MR) is 81.7 cm³/mol. The van der Waals surface area contributed by atoms with Crippen molar-refractivity contribution >= 4 is 38.4 Å². The first-order valence-corrected chi connectivity index (χ1v) is 7.11. The monoisotopic (exact) mass is 314 g/mol. The number of para-hydroxylation sites is 1. The van der Waals surface area contributed by atoms with E-state index in [4.69, 9.17) is 14.7 Å². The second-order valence-corrected chi connectivity index (χ2v) is 5.35. The maximum atomic E-state index is 11.4. The molecule has 0 aliphatic heterocycles. The van der Waals surface area contributed by atoms with Crippen molar-refractivity contribution in [1.29, 1.82) is 5.26 Å². The smallest absolute Gasteiger partial charge is 0.349 e.